The van der Waals surface area contributed by atoms with Gasteiger partial charge in [-0.1, -0.05) is 28.1 Å². The van der Waals surface area contributed by atoms with Crippen LogP contribution in [-0.2, 0) is 6.54 Å². The lowest BCUT2D eigenvalue weighted by Crippen LogP contribution is -2.22. The van der Waals surface area contributed by atoms with Crippen LogP contribution in [0.5, 0.6) is 0 Å². The van der Waals surface area contributed by atoms with Crippen LogP contribution in [0.1, 0.15) is 15.9 Å². The van der Waals surface area contributed by atoms with E-state index in [2.05, 4.69) is 26.6 Å². The van der Waals surface area contributed by atoms with E-state index >= 15 is 0 Å². The summed E-state index contributed by atoms with van der Waals surface area (Å²) in [7, 11) is 0. The van der Waals surface area contributed by atoms with Crippen LogP contribution < -0.4 is 16.4 Å². The van der Waals surface area contributed by atoms with Gasteiger partial charge in [-0.25, -0.2) is 4.79 Å². The average molecular weight is 348 g/mol. The average Bonchev–Trinajstić information content (AvgIpc) is 2.46. The maximum Gasteiger partial charge on any atom is 0.316 e. The van der Waals surface area contributed by atoms with Gasteiger partial charge in [0.05, 0.1) is 0 Å². The second-order valence-electron chi connectivity index (χ2n) is 4.38. The Morgan fingerprint density at radius 2 is 1.62 bits per heavy atom. The Morgan fingerprint density at radius 1 is 1.00 bits per heavy atom. The molecule has 0 radical (unpaired) electrons. The van der Waals surface area contributed by atoms with Crippen LogP contribution in [0.2, 0.25) is 0 Å². The zero-order valence-electron chi connectivity index (χ0n) is 11.1. The van der Waals surface area contributed by atoms with E-state index in [4.69, 9.17) is 5.73 Å². The highest BCUT2D eigenvalue weighted by molar-refractivity contribution is 9.10. The quantitative estimate of drug-likeness (QED) is 0.794. The molecular weight excluding hydrogens is 334 g/mol. The third-order valence-corrected chi connectivity index (χ3v) is 3.31. The molecule has 4 N–H and O–H groups in total. The summed E-state index contributed by atoms with van der Waals surface area (Å²) in [5, 5.41) is 5.30. The van der Waals surface area contributed by atoms with Crippen LogP contribution in [0.15, 0.2) is 53.0 Å². The number of benzene rings is 2. The molecule has 21 heavy (non-hydrogen) atoms. The van der Waals surface area contributed by atoms with Crippen LogP contribution >= 0.6 is 15.9 Å². The summed E-state index contributed by atoms with van der Waals surface area (Å²) in [4.78, 5) is 22.6. The number of rotatable bonds is 4. The van der Waals surface area contributed by atoms with E-state index in [1.807, 2.05) is 24.3 Å². The number of hydrogen-bond acceptors (Lipinski definition) is 2. The highest BCUT2D eigenvalue weighted by atomic mass is 79.9. The second kappa shape index (κ2) is 6.90. The van der Waals surface area contributed by atoms with Gasteiger partial charge in [-0.3, -0.25) is 4.79 Å². The monoisotopic (exact) mass is 347 g/mol. The van der Waals surface area contributed by atoms with Gasteiger partial charge in [0.1, 0.15) is 0 Å². The van der Waals surface area contributed by atoms with Crippen molar-refractivity contribution in [3.63, 3.8) is 0 Å². The molecule has 0 aromatic heterocycles. The van der Waals surface area contributed by atoms with E-state index in [9.17, 15) is 9.59 Å². The van der Waals surface area contributed by atoms with E-state index in [1.54, 1.807) is 24.3 Å². The first-order chi connectivity index (χ1) is 10.0. The molecule has 0 aliphatic rings. The molecule has 3 amide bonds. The zero-order valence-corrected chi connectivity index (χ0v) is 12.7. The standard InChI is InChI=1S/C15H14BrN3O2/c16-12-5-3-11(4-6-12)14(20)18-9-10-1-7-13(8-2-10)19-15(17)21/h1-8H,9H2,(H,18,20)(H3,17,19,21). The summed E-state index contributed by atoms with van der Waals surface area (Å²) in [5.41, 5.74) is 7.17. The number of nitrogens with one attached hydrogen (secondary N) is 2. The SMILES string of the molecule is NC(=O)Nc1ccc(CNC(=O)c2ccc(Br)cc2)cc1. The lowest BCUT2D eigenvalue weighted by molar-refractivity contribution is 0.0951. The van der Waals surface area contributed by atoms with Crippen LogP contribution in [0, 0.1) is 0 Å². The van der Waals surface area contributed by atoms with Gasteiger partial charge in [0.15, 0.2) is 0 Å². The fraction of sp³-hybridized carbons (Fsp3) is 0.0667. The van der Waals surface area contributed by atoms with Crippen LogP contribution in [0.25, 0.3) is 0 Å². The molecule has 6 heteroatoms. The first kappa shape index (κ1) is 15.1. The Bertz CT molecular complexity index is 639. The fourth-order valence-electron chi connectivity index (χ4n) is 1.73. The maximum absolute atomic E-state index is 11.9. The minimum atomic E-state index is -0.605. The van der Waals surface area contributed by atoms with Crippen molar-refractivity contribution in [3.05, 3.63) is 64.1 Å². The second-order valence-corrected chi connectivity index (χ2v) is 5.29. The third kappa shape index (κ3) is 4.61. The van der Waals surface area contributed by atoms with Crippen molar-refractivity contribution in [2.45, 2.75) is 6.54 Å². The molecule has 2 aromatic rings. The summed E-state index contributed by atoms with van der Waals surface area (Å²) in [6.45, 7) is 0.408. The summed E-state index contributed by atoms with van der Waals surface area (Å²) >= 11 is 3.32. The number of primary amides is 1. The highest BCUT2D eigenvalue weighted by Gasteiger charge is 2.05. The Labute approximate surface area is 130 Å². The van der Waals surface area contributed by atoms with E-state index in [0.29, 0.717) is 17.8 Å². The lowest BCUT2D eigenvalue weighted by atomic mass is 10.2. The van der Waals surface area contributed by atoms with Crippen molar-refractivity contribution in [2.24, 2.45) is 5.73 Å². The van der Waals surface area contributed by atoms with Crippen LogP contribution in [0.3, 0.4) is 0 Å². The molecule has 0 aliphatic heterocycles. The molecule has 0 saturated carbocycles. The number of amides is 3. The fourth-order valence-corrected chi connectivity index (χ4v) is 2.00. The molecule has 2 rings (SSSR count). The molecule has 0 aliphatic carbocycles. The van der Waals surface area contributed by atoms with Gasteiger partial charge in [-0.05, 0) is 42.0 Å². The number of carbonyl (C=O) groups excluding carboxylic acids is 2. The smallest absolute Gasteiger partial charge is 0.316 e. The number of nitrogens with two attached hydrogens (primary N) is 1. The van der Waals surface area contributed by atoms with Crippen molar-refractivity contribution >= 4 is 33.6 Å². The first-order valence-electron chi connectivity index (χ1n) is 6.24. The van der Waals surface area contributed by atoms with Gasteiger partial charge < -0.3 is 16.4 Å². The Balaban J connectivity index is 1.92. The van der Waals surface area contributed by atoms with E-state index < -0.39 is 6.03 Å². The van der Waals surface area contributed by atoms with Crippen molar-refractivity contribution in [1.29, 1.82) is 0 Å². The molecule has 0 heterocycles. The first-order valence-corrected chi connectivity index (χ1v) is 7.03. The summed E-state index contributed by atoms with van der Waals surface area (Å²) in [6.07, 6.45) is 0. The highest BCUT2D eigenvalue weighted by Crippen LogP contribution is 2.11. The third-order valence-electron chi connectivity index (χ3n) is 2.78. The van der Waals surface area contributed by atoms with Crippen molar-refractivity contribution in [2.75, 3.05) is 5.32 Å². The Hall–Kier alpha value is -2.34. The summed E-state index contributed by atoms with van der Waals surface area (Å²) in [5.74, 6) is -0.137. The molecule has 5 nitrogen and oxygen atoms in total. The van der Waals surface area contributed by atoms with Gasteiger partial charge in [-0.2, -0.15) is 0 Å². The molecule has 2 aromatic carbocycles. The van der Waals surface area contributed by atoms with E-state index in [-0.39, 0.29) is 5.91 Å². The van der Waals surface area contributed by atoms with Crippen molar-refractivity contribution in [3.8, 4) is 0 Å². The number of carbonyl (C=O) groups is 2. The molecule has 0 spiro atoms. The van der Waals surface area contributed by atoms with Crippen molar-refractivity contribution < 1.29 is 9.59 Å². The van der Waals surface area contributed by atoms with E-state index in [0.717, 1.165) is 10.0 Å². The van der Waals surface area contributed by atoms with Gasteiger partial charge in [0.2, 0.25) is 0 Å². The van der Waals surface area contributed by atoms with Gasteiger partial charge in [0.25, 0.3) is 5.91 Å². The van der Waals surface area contributed by atoms with Crippen LogP contribution in [-0.4, -0.2) is 11.9 Å². The predicted molar refractivity (Wildman–Crippen MR) is 85.0 cm³/mol. The maximum atomic E-state index is 11.9. The molecule has 0 bridgehead atoms. The number of hydrogen-bond donors (Lipinski definition) is 3. The largest absolute Gasteiger partial charge is 0.351 e. The molecule has 0 atom stereocenters. The number of halogens is 1. The topological polar surface area (TPSA) is 84.2 Å². The Morgan fingerprint density at radius 3 is 2.19 bits per heavy atom. The minimum absolute atomic E-state index is 0.137. The van der Waals surface area contributed by atoms with Crippen molar-refractivity contribution in [1.82, 2.24) is 5.32 Å². The number of urea groups is 1. The normalized spacial score (nSPS) is 9.95. The predicted octanol–water partition coefficient (Wildman–Crippen LogP) is 2.87. The summed E-state index contributed by atoms with van der Waals surface area (Å²) < 4.78 is 0.927. The van der Waals surface area contributed by atoms with Gasteiger partial charge in [0, 0.05) is 22.3 Å². The lowest BCUT2D eigenvalue weighted by Gasteiger charge is -2.07. The van der Waals surface area contributed by atoms with E-state index in [1.165, 1.54) is 0 Å². The van der Waals surface area contributed by atoms with Gasteiger partial charge in [-0.15, -0.1) is 0 Å². The van der Waals surface area contributed by atoms with Gasteiger partial charge >= 0.3 is 6.03 Å². The molecule has 0 saturated heterocycles. The molecular formula is C15H14BrN3O2. The van der Waals surface area contributed by atoms with Crippen LogP contribution in [0.4, 0.5) is 10.5 Å². The molecule has 0 unspecified atom stereocenters. The zero-order chi connectivity index (χ0) is 15.2. The molecule has 108 valence electrons. The Kier molecular flexibility index (Phi) is 4.94. The summed E-state index contributed by atoms with van der Waals surface area (Å²) in [6, 6.07) is 13.6. The number of anilines is 1. The minimum Gasteiger partial charge on any atom is -0.351 e. The molecule has 0 fully saturated rings.